The maximum Gasteiger partial charge on any atom is 0.239 e. The molecule has 1 fully saturated rings. The van der Waals surface area contributed by atoms with Crippen LogP contribution in [0.15, 0.2) is 0 Å². The number of aryl methyl sites for hydroxylation is 1. The summed E-state index contributed by atoms with van der Waals surface area (Å²) < 4.78 is 0. The fourth-order valence-corrected chi connectivity index (χ4v) is 4.47. The number of hydrogen-bond donors (Lipinski definition) is 1. The van der Waals surface area contributed by atoms with Gasteiger partial charge in [0.15, 0.2) is 0 Å². The number of anilines is 1. The van der Waals surface area contributed by atoms with Crippen LogP contribution in [0.3, 0.4) is 0 Å². The van der Waals surface area contributed by atoms with Gasteiger partial charge < -0.3 is 5.32 Å². The summed E-state index contributed by atoms with van der Waals surface area (Å²) in [6.07, 6.45) is 7.46. The van der Waals surface area contributed by atoms with Crippen molar-refractivity contribution in [3.05, 3.63) is 16.0 Å². The van der Waals surface area contributed by atoms with Crippen molar-refractivity contribution in [1.82, 2.24) is 4.90 Å². The molecular weight excluding hydrogens is 256 g/mol. The number of rotatable bonds is 3. The van der Waals surface area contributed by atoms with Gasteiger partial charge in [-0.15, -0.1) is 11.3 Å². The quantitative estimate of drug-likeness (QED) is 0.922. The second kappa shape index (κ2) is 5.63. The third-order valence-electron chi connectivity index (χ3n) is 4.25. The number of amides is 1. The molecule has 1 aromatic rings. The number of nitrogens with zero attached hydrogens (tertiary/aromatic N) is 1. The Bertz CT molecular complexity index is 475. The van der Waals surface area contributed by atoms with Crippen LogP contribution in [0.5, 0.6) is 0 Å². The van der Waals surface area contributed by atoms with E-state index in [9.17, 15) is 4.79 Å². The Kier molecular flexibility index (Phi) is 3.89. The van der Waals surface area contributed by atoms with E-state index in [1.807, 2.05) is 0 Å². The van der Waals surface area contributed by atoms with Crippen molar-refractivity contribution in [3.8, 4) is 0 Å². The predicted octanol–water partition coefficient (Wildman–Crippen LogP) is 2.97. The Morgan fingerprint density at radius 1 is 1.21 bits per heavy atom. The monoisotopic (exact) mass is 278 g/mol. The van der Waals surface area contributed by atoms with Crippen LogP contribution in [-0.4, -0.2) is 30.4 Å². The molecule has 0 saturated carbocycles. The Labute approximate surface area is 119 Å². The normalized spacial score (nSPS) is 19.4. The highest BCUT2D eigenvalue weighted by Crippen LogP contribution is 2.37. The number of thiophene rings is 1. The van der Waals surface area contributed by atoms with Gasteiger partial charge in [-0.3, -0.25) is 9.69 Å². The molecule has 1 aromatic heterocycles. The summed E-state index contributed by atoms with van der Waals surface area (Å²) >= 11 is 1.80. The van der Waals surface area contributed by atoms with E-state index >= 15 is 0 Å². The van der Waals surface area contributed by atoms with E-state index in [0.717, 1.165) is 18.1 Å². The first-order valence-electron chi connectivity index (χ1n) is 7.37. The van der Waals surface area contributed by atoms with Crippen LogP contribution in [0.2, 0.25) is 0 Å². The Morgan fingerprint density at radius 2 is 1.95 bits per heavy atom. The van der Waals surface area contributed by atoms with Crippen molar-refractivity contribution in [2.24, 2.45) is 0 Å². The summed E-state index contributed by atoms with van der Waals surface area (Å²) in [6, 6.07) is 0. The average molecular weight is 278 g/mol. The van der Waals surface area contributed by atoms with Gasteiger partial charge in [0, 0.05) is 4.88 Å². The lowest BCUT2D eigenvalue weighted by Gasteiger charge is -2.13. The third kappa shape index (κ3) is 2.84. The highest BCUT2D eigenvalue weighted by molar-refractivity contribution is 7.16. The molecule has 2 heterocycles. The Balaban J connectivity index is 1.65. The molecule has 0 radical (unpaired) electrons. The van der Waals surface area contributed by atoms with Crippen molar-refractivity contribution in [2.45, 2.75) is 45.4 Å². The van der Waals surface area contributed by atoms with Crippen molar-refractivity contribution < 1.29 is 4.79 Å². The first-order valence-corrected chi connectivity index (χ1v) is 8.19. The van der Waals surface area contributed by atoms with E-state index in [2.05, 4.69) is 17.1 Å². The van der Waals surface area contributed by atoms with Gasteiger partial charge in [-0.05, 0) is 69.7 Å². The van der Waals surface area contributed by atoms with E-state index in [1.54, 1.807) is 11.3 Å². The van der Waals surface area contributed by atoms with Crippen LogP contribution >= 0.6 is 11.3 Å². The first-order chi connectivity index (χ1) is 9.24. The van der Waals surface area contributed by atoms with Crippen molar-refractivity contribution in [2.75, 3.05) is 25.0 Å². The van der Waals surface area contributed by atoms with Crippen molar-refractivity contribution >= 4 is 22.2 Å². The first kappa shape index (κ1) is 13.1. The maximum absolute atomic E-state index is 12.1. The van der Waals surface area contributed by atoms with Gasteiger partial charge in [0.25, 0.3) is 0 Å². The average Bonchev–Trinajstić information content (AvgIpc) is 3.00. The molecule has 0 unspecified atom stereocenters. The minimum Gasteiger partial charge on any atom is -0.316 e. The number of hydrogen-bond acceptors (Lipinski definition) is 3. The zero-order valence-corrected chi connectivity index (χ0v) is 12.4. The molecule has 1 amide bonds. The summed E-state index contributed by atoms with van der Waals surface area (Å²) in [5, 5.41) is 4.23. The zero-order valence-electron chi connectivity index (χ0n) is 11.6. The molecule has 1 aliphatic heterocycles. The largest absolute Gasteiger partial charge is 0.316 e. The second-order valence-corrected chi connectivity index (χ2v) is 6.80. The molecule has 2 aliphatic rings. The van der Waals surface area contributed by atoms with Gasteiger partial charge in [-0.1, -0.05) is 0 Å². The molecule has 1 aliphatic carbocycles. The SMILES string of the molecule is Cc1c(NC(=O)CN2CCCC2)sc2c1CCCC2. The number of nitrogens with one attached hydrogen (secondary N) is 1. The smallest absolute Gasteiger partial charge is 0.239 e. The lowest BCUT2D eigenvalue weighted by molar-refractivity contribution is -0.117. The minimum absolute atomic E-state index is 0.156. The molecule has 104 valence electrons. The van der Waals surface area contributed by atoms with Crippen LogP contribution < -0.4 is 5.32 Å². The van der Waals surface area contributed by atoms with Crippen LogP contribution in [0.25, 0.3) is 0 Å². The van der Waals surface area contributed by atoms with E-state index < -0.39 is 0 Å². The highest BCUT2D eigenvalue weighted by atomic mass is 32.1. The van der Waals surface area contributed by atoms with Crippen molar-refractivity contribution in [1.29, 1.82) is 0 Å². The van der Waals surface area contributed by atoms with Gasteiger partial charge in [0.1, 0.15) is 0 Å². The summed E-state index contributed by atoms with van der Waals surface area (Å²) in [7, 11) is 0. The van der Waals surface area contributed by atoms with E-state index in [1.165, 1.54) is 54.5 Å². The molecule has 3 nitrogen and oxygen atoms in total. The molecule has 0 aromatic carbocycles. The molecule has 19 heavy (non-hydrogen) atoms. The number of likely N-dealkylation sites (tertiary alicyclic amines) is 1. The van der Waals surface area contributed by atoms with Crippen LogP contribution in [0.4, 0.5) is 5.00 Å². The highest BCUT2D eigenvalue weighted by Gasteiger charge is 2.20. The fourth-order valence-electron chi connectivity index (χ4n) is 3.15. The van der Waals surface area contributed by atoms with Gasteiger partial charge >= 0.3 is 0 Å². The van der Waals surface area contributed by atoms with Crippen LogP contribution in [0.1, 0.15) is 41.7 Å². The molecule has 3 rings (SSSR count). The van der Waals surface area contributed by atoms with Gasteiger partial charge in [0.2, 0.25) is 5.91 Å². The molecule has 0 atom stereocenters. The Hall–Kier alpha value is -0.870. The summed E-state index contributed by atoms with van der Waals surface area (Å²) in [5.41, 5.74) is 2.82. The standard InChI is InChI=1S/C15H22N2OS/c1-11-12-6-2-3-7-13(12)19-15(11)16-14(18)10-17-8-4-5-9-17/h2-10H2,1H3,(H,16,18). The van der Waals surface area contributed by atoms with Crippen LogP contribution in [0, 0.1) is 6.92 Å². The van der Waals surface area contributed by atoms with Crippen molar-refractivity contribution in [3.63, 3.8) is 0 Å². The summed E-state index contributed by atoms with van der Waals surface area (Å²) in [5.74, 6) is 0.156. The molecule has 4 heteroatoms. The van der Waals surface area contributed by atoms with E-state index in [0.29, 0.717) is 6.54 Å². The van der Waals surface area contributed by atoms with E-state index in [-0.39, 0.29) is 5.91 Å². The lowest BCUT2D eigenvalue weighted by atomic mass is 9.96. The molecular formula is C15H22N2OS. The number of carbonyl (C=O) groups excluding carboxylic acids is 1. The predicted molar refractivity (Wildman–Crippen MR) is 80.0 cm³/mol. The number of carbonyl (C=O) groups is 1. The third-order valence-corrected chi connectivity index (χ3v) is 5.56. The van der Waals surface area contributed by atoms with E-state index in [4.69, 9.17) is 0 Å². The van der Waals surface area contributed by atoms with Gasteiger partial charge in [-0.2, -0.15) is 0 Å². The van der Waals surface area contributed by atoms with Gasteiger partial charge in [0.05, 0.1) is 11.5 Å². The molecule has 1 N–H and O–H groups in total. The van der Waals surface area contributed by atoms with Crippen LogP contribution in [-0.2, 0) is 17.6 Å². The summed E-state index contributed by atoms with van der Waals surface area (Å²) in [6.45, 7) is 4.87. The minimum atomic E-state index is 0.156. The second-order valence-electron chi connectivity index (χ2n) is 5.70. The maximum atomic E-state index is 12.1. The molecule has 1 saturated heterocycles. The lowest BCUT2D eigenvalue weighted by Crippen LogP contribution is -2.30. The zero-order chi connectivity index (χ0) is 13.2. The fraction of sp³-hybridized carbons (Fsp3) is 0.667. The topological polar surface area (TPSA) is 32.3 Å². The number of fused-ring (bicyclic) bond motifs is 1. The molecule has 0 spiro atoms. The van der Waals surface area contributed by atoms with Gasteiger partial charge in [-0.25, -0.2) is 0 Å². The Morgan fingerprint density at radius 3 is 2.68 bits per heavy atom. The summed E-state index contributed by atoms with van der Waals surface area (Å²) in [4.78, 5) is 15.8. The molecule has 0 bridgehead atoms.